The summed E-state index contributed by atoms with van der Waals surface area (Å²) in [4.78, 5) is 26.6. The van der Waals surface area contributed by atoms with Crippen LogP contribution in [0, 0.1) is 5.82 Å². The number of para-hydroxylation sites is 1. The van der Waals surface area contributed by atoms with E-state index in [1.54, 1.807) is 43.3 Å². The van der Waals surface area contributed by atoms with Crippen molar-refractivity contribution in [1.29, 1.82) is 0 Å². The van der Waals surface area contributed by atoms with Gasteiger partial charge in [0.2, 0.25) is 5.91 Å². The van der Waals surface area contributed by atoms with Crippen molar-refractivity contribution >= 4 is 23.4 Å². The molecule has 0 heterocycles. The molecule has 0 spiro atoms. The summed E-state index contributed by atoms with van der Waals surface area (Å²) in [7, 11) is 0. The van der Waals surface area contributed by atoms with E-state index in [0.717, 1.165) is 0 Å². The first kappa shape index (κ1) is 22.6. The highest BCUT2D eigenvalue weighted by Crippen LogP contribution is 2.23. The van der Waals surface area contributed by atoms with E-state index in [1.807, 2.05) is 0 Å². The fourth-order valence-electron chi connectivity index (χ4n) is 2.59. The van der Waals surface area contributed by atoms with E-state index in [-0.39, 0.29) is 31.5 Å². The van der Waals surface area contributed by atoms with Crippen LogP contribution < -0.4 is 10.1 Å². The topological polar surface area (TPSA) is 78.9 Å². The van der Waals surface area contributed by atoms with E-state index in [4.69, 9.17) is 21.4 Å². The third-order valence-corrected chi connectivity index (χ3v) is 4.57. The molecule has 0 fully saturated rings. The number of aliphatic hydroxyl groups excluding tert-OH is 1. The van der Waals surface area contributed by atoms with Crippen LogP contribution in [0.4, 0.5) is 4.39 Å². The van der Waals surface area contributed by atoms with Gasteiger partial charge in [-0.1, -0.05) is 35.9 Å². The number of hydrogen-bond donors (Lipinski definition) is 2. The second-order valence-corrected chi connectivity index (χ2v) is 6.82. The zero-order valence-electron chi connectivity index (χ0n) is 16.1. The van der Waals surface area contributed by atoms with Gasteiger partial charge in [0.05, 0.1) is 5.02 Å². The van der Waals surface area contributed by atoms with Gasteiger partial charge in [-0.15, -0.1) is 0 Å². The summed E-state index contributed by atoms with van der Waals surface area (Å²) in [5.74, 6) is -0.793. The summed E-state index contributed by atoms with van der Waals surface area (Å²) >= 11 is 6.05. The fourth-order valence-corrected chi connectivity index (χ4v) is 2.78. The predicted octanol–water partition coefficient (Wildman–Crippen LogP) is 2.77. The van der Waals surface area contributed by atoms with E-state index < -0.39 is 11.9 Å². The lowest BCUT2D eigenvalue weighted by atomic mass is 10.1. The van der Waals surface area contributed by atoms with Gasteiger partial charge in [0.25, 0.3) is 5.91 Å². The van der Waals surface area contributed by atoms with Crippen molar-refractivity contribution in [3.8, 4) is 5.75 Å². The first-order valence-electron chi connectivity index (χ1n) is 9.22. The molecule has 0 bridgehead atoms. The van der Waals surface area contributed by atoms with E-state index in [9.17, 15) is 14.0 Å². The number of halogens is 2. The number of carbonyl (C=O) groups excluding carboxylic acids is 2. The third-order valence-electron chi connectivity index (χ3n) is 4.26. The van der Waals surface area contributed by atoms with Crippen LogP contribution in [0.1, 0.15) is 18.9 Å². The maximum atomic E-state index is 13.2. The highest BCUT2D eigenvalue weighted by atomic mass is 35.5. The van der Waals surface area contributed by atoms with E-state index in [1.165, 1.54) is 17.0 Å². The minimum Gasteiger partial charge on any atom is -0.482 e. The molecule has 1 unspecified atom stereocenters. The number of hydrogen-bond acceptors (Lipinski definition) is 4. The average Bonchev–Trinajstić information content (AvgIpc) is 2.72. The number of carbonyl (C=O) groups is 2. The monoisotopic (exact) mass is 422 g/mol. The molecule has 0 saturated heterocycles. The highest BCUT2D eigenvalue weighted by molar-refractivity contribution is 6.32. The van der Waals surface area contributed by atoms with Crippen LogP contribution in [-0.2, 0) is 16.1 Å². The van der Waals surface area contributed by atoms with Crippen LogP contribution >= 0.6 is 11.6 Å². The van der Waals surface area contributed by atoms with Crippen LogP contribution in [0.5, 0.6) is 5.75 Å². The smallest absolute Gasteiger partial charge is 0.261 e. The minimum atomic E-state index is -0.791. The largest absolute Gasteiger partial charge is 0.482 e. The van der Waals surface area contributed by atoms with Crippen LogP contribution in [0.15, 0.2) is 48.5 Å². The molecule has 0 aromatic heterocycles. The van der Waals surface area contributed by atoms with Crippen LogP contribution in [0.25, 0.3) is 0 Å². The molecule has 2 rings (SSSR count). The molecule has 2 amide bonds. The van der Waals surface area contributed by atoms with Gasteiger partial charge < -0.3 is 20.1 Å². The predicted molar refractivity (Wildman–Crippen MR) is 108 cm³/mol. The number of amides is 2. The normalized spacial score (nSPS) is 11.6. The van der Waals surface area contributed by atoms with Gasteiger partial charge in [0.1, 0.15) is 17.6 Å². The third kappa shape index (κ3) is 7.03. The summed E-state index contributed by atoms with van der Waals surface area (Å²) in [5.41, 5.74) is 0.674. The standard InChI is InChI=1S/C21H24ClFN2O4/c1-15(21(28)24-11-4-12-26)25(13-16-7-9-17(23)10-8-16)20(27)14-29-19-6-3-2-5-18(19)22/h2-3,5-10,15,26H,4,11-14H2,1H3,(H,24,28). The first-order valence-corrected chi connectivity index (χ1v) is 9.60. The molecule has 2 aromatic carbocycles. The zero-order chi connectivity index (χ0) is 21.2. The Morgan fingerprint density at radius 3 is 2.55 bits per heavy atom. The number of nitrogens with zero attached hydrogens (tertiary/aromatic N) is 1. The summed E-state index contributed by atoms with van der Waals surface area (Å²) in [6, 6.07) is 11.7. The van der Waals surface area contributed by atoms with Crippen molar-refractivity contribution < 1.29 is 23.8 Å². The summed E-state index contributed by atoms with van der Waals surface area (Å²) < 4.78 is 18.7. The van der Waals surface area contributed by atoms with Crippen molar-refractivity contribution in [2.24, 2.45) is 0 Å². The SMILES string of the molecule is CC(C(=O)NCCCO)N(Cc1ccc(F)cc1)C(=O)COc1ccccc1Cl. The van der Waals surface area contributed by atoms with Gasteiger partial charge in [0, 0.05) is 19.7 Å². The van der Waals surface area contributed by atoms with Crippen molar-refractivity contribution in [2.45, 2.75) is 25.9 Å². The van der Waals surface area contributed by atoms with Gasteiger partial charge in [-0.05, 0) is 43.2 Å². The van der Waals surface area contributed by atoms with Gasteiger partial charge in [-0.25, -0.2) is 4.39 Å². The van der Waals surface area contributed by atoms with Gasteiger partial charge in [-0.3, -0.25) is 9.59 Å². The maximum absolute atomic E-state index is 13.2. The zero-order valence-corrected chi connectivity index (χ0v) is 16.9. The molecule has 0 radical (unpaired) electrons. The van der Waals surface area contributed by atoms with Crippen molar-refractivity contribution in [3.63, 3.8) is 0 Å². The molecule has 156 valence electrons. The Labute approximate surface area is 174 Å². The van der Waals surface area contributed by atoms with E-state index >= 15 is 0 Å². The van der Waals surface area contributed by atoms with Crippen molar-refractivity contribution in [3.05, 3.63) is 64.9 Å². The maximum Gasteiger partial charge on any atom is 0.261 e. The molecule has 29 heavy (non-hydrogen) atoms. The molecule has 1 atom stereocenters. The number of aliphatic hydroxyl groups is 1. The number of rotatable bonds is 10. The summed E-state index contributed by atoms with van der Waals surface area (Å²) in [6.07, 6.45) is 0.417. The average molecular weight is 423 g/mol. The first-order chi connectivity index (χ1) is 13.9. The second-order valence-electron chi connectivity index (χ2n) is 6.41. The summed E-state index contributed by atoms with van der Waals surface area (Å²) in [6.45, 7) is 1.66. The Balaban J connectivity index is 2.11. The van der Waals surface area contributed by atoms with Crippen LogP contribution in [0.2, 0.25) is 5.02 Å². The molecule has 0 saturated carbocycles. The fraction of sp³-hybridized carbons (Fsp3) is 0.333. The lowest BCUT2D eigenvalue weighted by Gasteiger charge is -2.28. The molecule has 0 aliphatic rings. The van der Waals surface area contributed by atoms with Crippen LogP contribution in [-0.4, -0.2) is 47.6 Å². The number of ether oxygens (including phenoxy) is 1. The van der Waals surface area contributed by atoms with Gasteiger partial charge in [-0.2, -0.15) is 0 Å². The molecule has 2 aromatic rings. The van der Waals surface area contributed by atoms with Crippen molar-refractivity contribution in [2.75, 3.05) is 19.8 Å². The second kappa shape index (κ2) is 11.4. The Bertz CT molecular complexity index is 817. The molecule has 2 N–H and O–H groups in total. The molecular weight excluding hydrogens is 399 g/mol. The number of nitrogens with one attached hydrogen (secondary N) is 1. The van der Waals surface area contributed by atoms with E-state index in [2.05, 4.69) is 5.32 Å². The highest BCUT2D eigenvalue weighted by Gasteiger charge is 2.26. The van der Waals surface area contributed by atoms with Gasteiger partial charge >= 0.3 is 0 Å². The lowest BCUT2D eigenvalue weighted by molar-refractivity contribution is -0.142. The van der Waals surface area contributed by atoms with Crippen LogP contribution in [0.3, 0.4) is 0 Å². The summed E-state index contributed by atoms with van der Waals surface area (Å²) in [5, 5.41) is 11.9. The Hall–Kier alpha value is -2.64. The Morgan fingerprint density at radius 1 is 1.21 bits per heavy atom. The Morgan fingerprint density at radius 2 is 1.90 bits per heavy atom. The number of benzene rings is 2. The quantitative estimate of drug-likeness (QED) is 0.577. The molecule has 0 aliphatic heterocycles. The molecule has 6 nitrogen and oxygen atoms in total. The Kier molecular flexibility index (Phi) is 8.89. The molecular formula is C21H24ClFN2O4. The van der Waals surface area contributed by atoms with Crippen molar-refractivity contribution in [1.82, 2.24) is 10.2 Å². The van der Waals surface area contributed by atoms with E-state index in [0.29, 0.717) is 29.3 Å². The van der Waals surface area contributed by atoms with Gasteiger partial charge in [0.15, 0.2) is 6.61 Å². The molecule has 0 aliphatic carbocycles. The lowest BCUT2D eigenvalue weighted by Crippen LogP contribution is -2.49. The minimum absolute atomic E-state index is 0.0431. The molecule has 8 heteroatoms.